The van der Waals surface area contributed by atoms with Gasteiger partial charge in [0.05, 0.1) is 12.2 Å². The molecule has 0 aliphatic rings. The van der Waals surface area contributed by atoms with Crippen LogP contribution in [0.15, 0.2) is 18.7 Å². The van der Waals surface area contributed by atoms with Crippen LogP contribution in [0.25, 0.3) is 0 Å². The molecule has 0 atom stereocenters. The first-order valence-electron chi connectivity index (χ1n) is 3.51. The fourth-order valence-corrected chi connectivity index (χ4v) is 0.613. The van der Waals surface area contributed by atoms with Gasteiger partial charge in [-0.2, -0.15) is 0 Å². The van der Waals surface area contributed by atoms with Crippen LogP contribution < -0.4 is 5.48 Å². The number of aromatic nitrogens is 2. The molecule has 0 bridgehead atoms. The van der Waals surface area contributed by atoms with Crippen molar-refractivity contribution in [3.05, 3.63) is 24.3 Å². The highest BCUT2D eigenvalue weighted by molar-refractivity contribution is 5.92. The Hall–Kier alpha value is -1.49. The SMILES string of the molecule is CCONC(=O)c1cncnc1. The Morgan fingerprint density at radius 1 is 1.58 bits per heavy atom. The maximum Gasteiger partial charge on any atom is 0.277 e. The van der Waals surface area contributed by atoms with E-state index in [-0.39, 0.29) is 5.91 Å². The molecule has 0 aromatic carbocycles. The van der Waals surface area contributed by atoms with Gasteiger partial charge in [0.1, 0.15) is 6.33 Å². The standard InChI is InChI=1S/C7H9N3O2/c1-2-12-10-7(11)6-3-8-5-9-4-6/h3-5H,2H2,1H3,(H,10,11). The predicted molar refractivity (Wildman–Crippen MR) is 41.1 cm³/mol. The molecular weight excluding hydrogens is 158 g/mol. The summed E-state index contributed by atoms with van der Waals surface area (Å²) in [5.74, 6) is -0.336. The van der Waals surface area contributed by atoms with E-state index in [9.17, 15) is 4.79 Å². The smallest absolute Gasteiger partial charge is 0.274 e. The van der Waals surface area contributed by atoms with Crippen LogP contribution >= 0.6 is 0 Å². The van der Waals surface area contributed by atoms with E-state index in [1.54, 1.807) is 6.92 Å². The first-order valence-corrected chi connectivity index (χ1v) is 3.51. The molecule has 1 rings (SSSR count). The third-order valence-corrected chi connectivity index (χ3v) is 1.13. The van der Waals surface area contributed by atoms with Crippen molar-refractivity contribution < 1.29 is 9.63 Å². The average Bonchev–Trinajstić information content (AvgIpc) is 2.15. The number of carbonyl (C=O) groups is 1. The molecule has 0 aliphatic heterocycles. The van der Waals surface area contributed by atoms with E-state index in [0.29, 0.717) is 12.2 Å². The molecule has 64 valence electrons. The predicted octanol–water partition coefficient (Wildman–Crippen LogP) is 0.158. The molecule has 0 fully saturated rings. The maximum atomic E-state index is 11.1. The van der Waals surface area contributed by atoms with Crippen LogP contribution in [0, 0.1) is 0 Å². The molecule has 5 heteroatoms. The van der Waals surface area contributed by atoms with E-state index in [0.717, 1.165) is 0 Å². The Labute approximate surface area is 69.7 Å². The lowest BCUT2D eigenvalue weighted by atomic mass is 10.3. The molecule has 5 nitrogen and oxygen atoms in total. The molecular formula is C7H9N3O2. The van der Waals surface area contributed by atoms with Crippen molar-refractivity contribution in [2.75, 3.05) is 6.61 Å². The summed E-state index contributed by atoms with van der Waals surface area (Å²) < 4.78 is 0. The summed E-state index contributed by atoms with van der Waals surface area (Å²) in [6, 6.07) is 0. The minimum Gasteiger partial charge on any atom is -0.274 e. The second kappa shape index (κ2) is 4.40. The number of nitrogens with one attached hydrogen (secondary N) is 1. The molecule has 1 aromatic rings. The van der Waals surface area contributed by atoms with E-state index in [4.69, 9.17) is 4.84 Å². The Morgan fingerprint density at radius 2 is 2.25 bits per heavy atom. The Morgan fingerprint density at radius 3 is 2.83 bits per heavy atom. The minimum atomic E-state index is -0.336. The van der Waals surface area contributed by atoms with Crippen LogP contribution in [0.5, 0.6) is 0 Å². The normalized spacial score (nSPS) is 9.42. The number of amides is 1. The molecule has 0 saturated carbocycles. The Balaban J connectivity index is 2.54. The van der Waals surface area contributed by atoms with Crippen molar-refractivity contribution in [2.45, 2.75) is 6.92 Å². The number of nitrogens with zero attached hydrogens (tertiary/aromatic N) is 2. The highest BCUT2D eigenvalue weighted by Gasteiger charge is 2.03. The quantitative estimate of drug-likeness (QED) is 0.651. The highest BCUT2D eigenvalue weighted by atomic mass is 16.6. The summed E-state index contributed by atoms with van der Waals surface area (Å²) in [5, 5.41) is 0. The van der Waals surface area contributed by atoms with Gasteiger partial charge in [0.25, 0.3) is 5.91 Å². The highest BCUT2D eigenvalue weighted by Crippen LogP contribution is 1.91. The van der Waals surface area contributed by atoms with Crippen LogP contribution in [0.4, 0.5) is 0 Å². The van der Waals surface area contributed by atoms with Crippen molar-refractivity contribution in [3.8, 4) is 0 Å². The number of carbonyl (C=O) groups excluding carboxylic acids is 1. The lowest BCUT2D eigenvalue weighted by molar-refractivity contribution is 0.0364. The van der Waals surface area contributed by atoms with E-state index in [1.165, 1.54) is 18.7 Å². The monoisotopic (exact) mass is 167 g/mol. The van der Waals surface area contributed by atoms with E-state index < -0.39 is 0 Å². The zero-order valence-electron chi connectivity index (χ0n) is 6.65. The lowest BCUT2D eigenvalue weighted by Crippen LogP contribution is -2.23. The zero-order chi connectivity index (χ0) is 8.81. The zero-order valence-corrected chi connectivity index (χ0v) is 6.65. The maximum absolute atomic E-state index is 11.1. The summed E-state index contributed by atoms with van der Waals surface area (Å²) in [6.07, 6.45) is 4.19. The van der Waals surface area contributed by atoms with Crippen molar-refractivity contribution in [3.63, 3.8) is 0 Å². The number of hydrogen-bond acceptors (Lipinski definition) is 4. The molecule has 0 radical (unpaired) electrons. The first-order chi connectivity index (χ1) is 5.84. The van der Waals surface area contributed by atoms with Gasteiger partial charge in [0, 0.05) is 12.4 Å². The van der Waals surface area contributed by atoms with Gasteiger partial charge >= 0.3 is 0 Å². The molecule has 1 heterocycles. The molecule has 0 saturated heterocycles. The first kappa shape index (κ1) is 8.61. The fraction of sp³-hybridized carbons (Fsp3) is 0.286. The third kappa shape index (κ3) is 2.28. The summed E-state index contributed by atoms with van der Waals surface area (Å²) >= 11 is 0. The molecule has 0 unspecified atom stereocenters. The third-order valence-electron chi connectivity index (χ3n) is 1.13. The molecule has 1 amide bonds. The van der Waals surface area contributed by atoms with Gasteiger partial charge < -0.3 is 0 Å². The molecule has 1 aromatic heterocycles. The molecule has 0 aliphatic carbocycles. The Bertz CT molecular complexity index is 250. The molecule has 12 heavy (non-hydrogen) atoms. The minimum absolute atomic E-state index is 0.336. The largest absolute Gasteiger partial charge is 0.277 e. The number of rotatable bonds is 3. The number of hydroxylamine groups is 1. The van der Waals surface area contributed by atoms with Crippen LogP contribution in [0.3, 0.4) is 0 Å². The lowest BCUT2D eigenvalue weighted by Gasteiger charge is -2.01. The van der Waals surface area contributed by atoms with Crippen LogP contribution in [0.2, 0.25) is 0 Å². The van der Waals surface area contributed by atoms with E-state index >= 15 is 0 Å². The van der Waals surface area contributed by atoms with Gasteiger partial charge in [0.15, 0.2) is 0 Å². The summed E-state index contributed by atoms with van der Waals surface area (Å²) in [4.78, 5) is 23.2. The topological polar surface area (TPSA) is 64.1 Å². The van der Waals surface area contributed by atoms with Crippen molar-refractivity contribution in [2.24, 2.45) is 0 Å². The molecule has 1 N–H and O–H groups in total. The van der Waals surface area contributed by atoms with Crippen molar-refractivity contribution in [1.29, 1.82) is 0 Å². The van der Waals surface area contributed by atoms with Crippen molar-refractivity contribution in [1.82, 2.24) is 15.4 Å². The summed E-state index contributed by atoms with van der Waals surface area (Å²) in [7, 11) is 0. The van der Waals surface area contributed by atoms with Gasteiger partial charge in [0.2, 0.25) is 0 Å². The fourth-order valence-electron chi connectivity index (χ4n) is 0.613. The number of hydrogen-bond donors (Lipinski definition) is 1. The van der Waals surface area contributed by atoms with Gasteiger partial charge in [-0.05, 0) is 6.92 Å². The van der Waals surface area contributed by atoms with Gasteiger partial charge in [-0.1, -0.05) is 0 Å². The summed E-state index contributed by atoms with van der Waals surface area (Å²) in [6.45, 7) is 2.21. The van der Waals surface area contributed by atoms with Crippen molar-refractivity contribution >= 4 is 5.91 Å². The van der Waals surface area contributed by atoms with Crippen LogP contribution in [-0.4, -0.2) is 22.5 Å². The van der Waals surface area contributed by atoms with Gasteiger partial charge in [-0.15, -0.1) is 0 Å². The van der Waals surface area contributed by atoms with E-state index in [1.807, 2.05) is 0 Å². The van der Waals surface area contributed by atoms with Crippen LogP contribution in [-0.2, 0) is 4.84 Å². The summed E-state index contributed by atoms with van der Waals surface area (Å²) in [5.41, 5.74) is 2.61. The van der Waals surface area contributed by atoms with Gasteiger partial charge in [-0.25, -0.2) is 15.4 Å². The van der Waals surface area contributed by atoms with Crippen LogP contribution in [0.1, 0.15) is 17.3 Å². The second-order valence-electron chi connectivity index (χ2n) is 1.99. The Kier molecular flexibility index (Phi) is 3.16. The average molecular weight is 167 g/mol. The van der Waals surface area contributed by atoms with Gasteiger partial charge in [-0.3, -0.25) is 9.63 Å². The second-order valence-corrected chi connectivity index (χ2v) is 1.99. The molecule has 0 spiro atoms. The van der Waals surface area contributed by atoms with E-state index in [2.05, 4.69) is 15.4 Å².